The van der Waals surface area contributed by atoms with Gasteiger partial charge in [-0.15, -0.1) is 11.3 Å². The first-order valence-electron chi connectivity index (χ1n) is 12.0. The van der Waals surface area contributed by atoms with Crippen LogP contribution in [0.2, 0.25) is 0 Å². The van der Waals surface area contributed by atoms with Crippen molar-refractivity contribution in [2.45, 2.75) is 43.9 Å². The van der Waals surface area contributed by atoms with Crippen molar-refractivity contribution < 1.29 is 8.42 Å². The average Bonchev–Trinajstić information content (AvgIpc) is 3.35. The first kappa shape index (κ1) is 25.5. The summed E-state index contributed by atoms with van der Waals surface area (Å²) in [6.45, 7) is 2.19. The van der Waals surface area contributed by atoms with Crippen LogP contribution in [-0.4, -0.2) is 13.4 Å². The predicted molar refractivity (Wildman–Crippen MR) is 150 cm³/mol. The van der Waals surface area contributed by atoms with Crippen LogP contribution in [0.4, 0.5) is 16.5 Å². The SMILES string of the molecule is CCCCCCC#Cc1ccc(S(=O)(=O)Nc2cccc(-c3csc(Nc4ccccc4)n3)c2)cc1. The number of aromatic nitrogens is 1. The zero-order chi connectivity index (χ0) is 25.2. The lowest BCUT2D eigenvalue weighted by Gasteiger charge is -2.09. The molecule has 0 aliphatic rings. The number of sulfonamides is 1. The number of nitrogens with zero attached hydrogens (tertiary/aromatic N) is 1. The second-order valence-electron chi connectivity index (χ2n) is 8.35. The molecule has 0 atom stereocenters. The largest absolute Gasteiger partial charge is 0.332 e. The fourth-order valence-corrected chi connectivity index (χ4v) is 5.38. The van der Waals surface area contributed by atoms with Crippen molar-refractivity contribution in [3.63, 3.8) is 0 Å². The van der Waals surface area contributed by atoms with Gasteiger partial charge in [0.1, 0.15) is 0 Å². The van der Waals surface area contributed by atoms with Crippen molar-refractivity contribution in [3.05, 3.63) is 89.8 Å². The normalized spacial score (nSPS) is 10.9. The van der Waals surface area contributed by atoms with E-state index in [-0.39, 0.29) is 4.90 Å². The van der Waals surface area contributed by atoms with Crippen LogP contribution >= 0.6 is 11.3 Å². The van der Waals surface area contributed by atoms with Gasteiger partial charge in [-0.25, -0.2) is 13.4 Å². The lowest BCUT2D eigenvalue weighted by molar-refractivity contribution is 0.601. The Hall–Kier alpha value is -3.60. The van der Waals surface area contributed by atoms with Gasteiger partial charge in [-0.05, 0) is 55.0 Å². The molecule has 1 aromatic heterocycles. The fraction of sp³-hybridized carbons (Fsp3) is 0.207. The number of para-hydroxylation sites is 1. The molecule has 0 saturated heterocycles. The molecule has 36 heavy (non-hydrogen) atoms. The minimum absolute atomic E-state index is 0.199. The number of unbranched alkanes of at least 4 members (excludes halogenated alkanes) is 4. The van der Waals surface area contributed by atoms with Crippen molar-refractivity contribution in [1.82, 2.24) is 4.98 Å². The summed E-state index contributed by atoms with van der Waals surface area (Å²) in [7, 11) is -3.73. The Balaban J connectivity index is 1.40. The van der Waals surface area contributed by atoms with Crippen molar-refractivity contribution >= 4 is 37.9 Å². The highest BCUT2D eigenvalue weighted by molar-refractivity contribution is 7.92. The Morgan fingerprint density at radius 1 is 0.889 bits per heavy atom. The van der Waals surface area contributed by atoms with Gasteiger partial charge < -0.3 is 5.32 Å². The van der Waals surface area contributed by atoms with Crippen molar-refractivity contribution in [2.75, 3.05) is 10.0 Å². The summed E-state index contributed by atoms with van der Waals surface area (Å²) in [6, 6.07) is 23.8. The van der Waals surface area contributed by atoms with Gasteiger partial charge in [0.25, 0.3) is 10.0 Å². The summed E-state index contributed by atoms with van der Waals surface area (Å²) >= 11 is 1.49. The van der Waals surface area contributed by atoms with Crippen LogP contribution in [0.3, 0.4) is 0 Å². The maximum Gasteiger partial charge on any atom is 0.261 e. The Morgan fingerprint density at radius 2 is 1.67 bits per heavy atom. The highest BCUT2D eigenvalue weighted by Gasteiger charge is 2.15. The van der Waals surface area contributed by atoms with Crippen LogP contribution in [0.25, 0.3) is 11.3 Å². The Kier molecular flexibility index (Phi) is 8.77. The van der Waals surface area contributed by atoms with Crippen LogP contribution in [0.1, 0.15) is 44.6 Å². The van der Waals surface area contributed by atoms with Gasteiger partial charge in [-0.1, -0.05) is 68.4 Å². The molecule has 0 radical (unpaired) electrons. The van der Waals surface area contributed by atoms with E-state index in [1.54, 1.807) is 36.4 Å². The summed E-state index contributed by atoms with van der Waals surface area (Å²) in [5.74, 6) is 6.29. The molecule has 3 aromatic carbocycles. The second kappa shape index (κ2) is 12.4. The lowest BCUT2D eigenvalue weighted by Crippen LogP contribution is -2.12. The van der Waals surface area contributed by atoms with E-state index in [9.17, 15) is 8.42 Å². The first-order chi connectivity index (χ1) is 17.5. The average molecular weight is 516 g/mol. The molecule has 4 aromatic rings. The molecule has 0 aliphatic carbocycles. The monoisotopic (exact) mass is 515 g/mol. The van der Waals surface area contributed by atoms with Crippen LogP contribution in [0.15, 0.2) is 89.1 Å². The van der Waals surface area contributed by atoms with E-state index in [2.05, 4.69) is 33.8 Å². The van der Waals surface area contributed by atoms with Crippen LogP contribution in [0.5, 0.6) is 0 Å². The number of benzene rings is 3. The van der Waals surface area contributed by atoms with E-state index in [1.807, 2.05) is 47.8 Å². The second-order valence-corrected chi connectivity index (χ2v) is 10.9. The maximum absolute atomic E-state index is 13.0. The molecule has 4 rings (SSSR count). The molecular formula is C29H29N3O2S2. The molecule has 0 amide bonds. The number of hydrogen-bond acceptors (Lipinski definition) is 5. The number of anilines is 3. The Labute approximate surface area is 217 Å². The summed E-state index contributed by atoms with van der Waals surface area (Å²) < 4.78 is 28.6. The standard InChI is InChI=1S/C29H29N3O2S2/c1-2-3-4-5-6-8-12-23-17-19-27(20-18-23)36(33,34)32-26-16-11-13-24(21-26)28-22-35-29(31-28)30-25-14-9-7-10-15-25/h7,9-11,13-22,32H,2-6H2,1H3,(H,30,31). The number of nitrogens with one attached hydrogen (secondary N) is 2. The van der Waals surface area contributed by atoms with Crippen LogP contribution in [0, 0.1) is 11.8 Å². The minimum Gasteiger partial charge on any atom is -0.332 e. The van der Waals surface area contributed by atoms with Crippen molar-refractivity contribution in [1.29, 1.82) is 0 Å². The summed E-state index contributed by atoms with van der Waals surface area (Å²) in [5.41, 5.74) is 3.86. The quantitative estimate of drug-likeness (QED) is 0.168. The molecule has 0 bridgehead atoms. The molecule has 2 N–H and O–H groups in total. The third-order valence-corrected chi connectivity index (χ3v) is 7.65. The van der Waals surface area contributed by atoms with Gasteiger partial charge in [0, 0.05) is 34.3 Å². The smallest absolute Gasteiger partial charge is 0.261 e. The highest BCUT2D eigenvalue weighted by Crippen LogP contribution is 2.29. The summed E-state index contributed by atoms with van der Waals surface area (Å²) in [6.07, 6.45) is 5.60. The van der Waals surface area contributed by atoms with Crippen LogP contribution < -0.4 is 10.0 Å². The van der Waals surface area contributed by atoms with Gasteiger partial charge >= 0.3 is 0 Å². The van der Waals surface area contributed by atoms with Crippen LogP contribution in [-0.2, 0) is 10.0 Å². The number of thiazole rings is 1. The maximum atomic E-state index is 13.0. The van der Waals surface area contributed by atoms with Crippen molar-refractivity contribution in [2.24, 2.45) is 0 Å². The van der Waals surface area contributed by atoms with E-state index in [4.69, 9.17) is 0 Å². The van der Waals surface area contributed by atoms with Crippen molar-refractivity contribution in [3.8, 4) is 23.1 Å². The molecule has 7 heteroatoms. The van der Waals surface area contributed by atoms with Gasteiger partial charge in [0.15, 0.2) is 5.13 Å². The van der Waals surface area contributed by atoms with E-state index in [0.717, 1.165) is 40.5 Å². The van der Waals surface area contributed by atoms with E-state index in [1.165, 1.54) is 30.6 Å². The summed E-state index contributed by atoms with van der Waals surface area (Å²) in [5, 5.41) is 6.00. The van der Waals surface area contributed by atoms with E-state index in [0.29, 0.717) is 5.69 Å². The predicted octanol–water partition coefficient (Wildman–Crippen LogP) is 7.68. The summed E-state index contributed by atoms with van der Waals surface area (Å²) in [4.78, 5) is 4.84. The van der Waals surface area contributed by atoms with Gasteiger partial charge in [-0.2, -0.15) is 0 Å². The molecule has 1 heterocycles. The number of hydrogen-bond donors (Lipinski definition) is 2. The van der Waals surface area contributed by atoms with E-state index >= 15 is 0 Å². The molecule has 0 spiro atoms. The topological polar surface area (TPSA) is 71.1 Å². The Bertz CT molecular complexity index is 1440. The molecular weight excluding hydrogens is 486 g/mol. The number of rotatable bonds is 10. The minimum atomic E-state index is -3.73. The van der Waals surface area contributed by atoms with E-state index < -0.39 is 10.0 Å². The van der Waals surface area contributed by atoms with Gasteiger partial charge in [-0.3, -0.25) is 4.72 Å². The Morgan fingerprint density at radius 3 is 2.44 bits per heavy atom. The molecule has 0 unspecified atom stereocenters. The first-order valence-corrected chi connectivity index (χ1v) is 14.4. The zero-order valence-electron chi connectivity index (χ0n) is 20.2. The highest BCUT2D eigenvalue weighted by atomic mass is 32.2. The molecule has 0 saturated carbocycles. The lowest BCUT2D eigenvalue weighted by atomic mass is 10.1. The fourth-order valence-electron chi connectivity index (χ4n) is 3.59. The van der Waals surface area contributed by atoms with Gasteiger partial charge in [0.2, 0.25) is 0 Å². The third-order valence-electron chi connectivity index (χ3n) is 5.49. The zero-order valence-corrected chi connectivity index (χ0v) is 21.8. The molecule has 0 fully saturated rings. The molecule has 184 valence electrons. The molecule has 0 aliphatic heterocycles. The molecule has 5 nitrogen and oxygen atoms in total. The van der Waals surface area contributed by atoms with Gasteiger partial charge in [0.05, 0.1) is 10.6 Å². The third kappa shape index (κ3) is 7.20.